The van der Waals surface area contributed by atoms with Crippen LogP contribution in [0.25, 0.3) is 0 Å². The zero-order valence-electron chi connectivity index (χ0n) is 21.3. The number of aliphatic imine (C=N–C) groups is 1. The smallest absolute Gasteiger partial charge is 0.216 e. The van der Waals surface area contributed by atoms with Gasteiger partial charge in [-0.15, -0.1) is 0 Å². The van der Waals surface area contributed by atoms with Crippen LogP contribution in [0, 0.1) is 29.1 Å². The first-order valence-corrected chi connectivity index (χ1v) is 14.9. The topological polar surface area (TPSA) is 80.7 Å². The molecular formula is C28H48N6. The number of guanidine groups is 2. The Hall–Kier alpha value is -1.30. The van der Waals surface area contributed by atoms with Crippen LogP contribution in [0.2, 0.25) is 0 Å². The van der Waals surface area contributed by atoms with E-state index < -0.39 is 0 Å². The molecule has 190 valence electrons. The number of hydrogen-bond donors (Lipinski definition) is 3. The van der Waals surface area contributed by atoms with Gasteiger partial charge in [-0.1, -0.05) is 51.4 Å². The third-order valence-corrected chi connectivity index (χ3v) is 10.6. The van der Waals surface area contributed by atoms with Gasteiger partial charge in [0.05, 0.1) is 6.04 Å². The fourth-order valence-corrected chi connectivity index (χ4v) is 8.87. The van der Waals surface area contributed by atoms with Crippen LogP contribution in [0.15, 0.2) is 4.99 Å². The molecular weight excluding hydrogens is 420 g/mol. The Labute approximate surface area is 207 Å². The van der Waals surface area contributed by atoms with E-state index in [-0.39, 0.29) is 0 Å². The van der Waals surface area contributed by atoms with E-state index >= 15 is 0 Å². The summed E-state index contributed by atoms with van der Waals surface area (Å²) in [5.74, 6) is 11.5. The third-order valence-electron chi connectivity index (χ3n) is 10.6. The lowest BCUT2D eigenvalue weighted by molar-refractivity contribution is 0.122. The highest BCUT2D eigenvalue weighted by Gasteiger charge is 2.51. The highest BCUT2D eigenvalue weighted by molar-refractivity contribution is 5.97. The number of rotatable bonds is 4. The van der Waals surface area contributed by atoms with Crippen molar-refractivity contribution < 1.29 is 0 Å². The summed E-state index contributed by atoms with van der Waals surface area (Å²) >= 11 is 0. The molecule has 0 heterocycles. The predicted octanol–water partition coefficient (Wildman–Crippen LogP) is 5.39. The zero-order valence-corrected chi connectivity index (χ0v) is 21.3. The SMILES string of the molecule is N=C(N(N)C(=NC1CCCCC1)NC1CCCCC1)N(C1CC2CCC1C2)C1CC2CCC1C2. The molecule has 0 aliphatic heterocycles. The molecule has 0 aromatic heterocycles. The Morgan fingerprint density at radius 3 is 1.76 bits per heavy atom. The molecule has 0 spiro atoms. The van der Waals surface area contributed by atoms with Crippen LogP contribution in [0.1, 0.15) is 116 Å². The lowest BCUT2D eigenvalue weighted by atomic mass is 9.88. The van der Waals surface area contributed by atoms with E-state index in [1.165, 1.54) is 116 Å². The van der Waals surface area contributed by atoms with E-state index in [0.29, 0.717) is 30.1 Å². The second-order valence-corrected chi connectivity index (χ2v) is 12.8. The summed E-state index contributed by atoms with van der Waals surface area (Å²) in [4.78, 5) is 7.77. The maximum Gasteiger partial charge on any atom is 0.216 e. The first-order valence-electron chi connectivity index (χ1n) is 14.9. The van der Waals surface area contributed by atoms with Crippen LogP contribution in [-0.4, -0.2) is 46.0 Å². The van der Waals surface area contributed by atoms with Crippen molar-refractivity contribution in [1.82, 2.24) is 15.2 Å². The van der Waals surface area contributed by atoms with E-state index in [9.17, 15) is 5.41 Å². The van der Waals surface area contributed by atoms with Gasteiger partial charge in [0.1, 0.15) is 0 Å². The Kier molecular flexibility index (Phi) is 6.79. The molecule has 0 aromatic carbocycles. The highest BCUT2D eigenvalue weighted by atomic mass is 15.6. The van der Waals surface area contributed by atoms with Crippen molar-refractivity contribution in [2.24, 2.45) is 34.5 Å². The highest BCUT2D eigenvalue weighted by Crippen LogP contribution is 2.52. The second-order valence-electron chi connectivity index (χ2n) is 12.8. The van der Waals surface area contributed by atoms with E-state index in [0.717, 1.165) is 29.6 Å². The Morgan fingerprint density at radius 2 is 1.26 bits per heavy atom. The summed E-state index contributed by atoms with van der Waals surface area (Å²) in [5, 5.41) is 15.0. The lowest BCUT2D eigenvalue weighted by Crippen LogP contribution is -2.62. The summed E-state index contributed by atoms with van der Waals surface area (Å²) in [5.41, 5.74) is 0. The van der Waals surface area contributed by atoms with Gasteiger partial charge in [0.2, 0.25) is 11.9 Å². The molecule has 6 rings (SSSR count). The first-order chi connectivity index (χ1) is 16.7. The molecule has 6 nitrogen and oxygen atoms in total. The number of hydrazine groups is 1. The second kappa shape index (κ2) is 9.99. The fraction of sp³-hybridized carbons (Fsp3) is 0.929. The molecule has 0 saturated heterocycles. The summed E-state index contributed by atoms with van der Waals surface area (Å²) in [6.45, 7) is 0. The van der Waals surface area contributed by atoms with Crippen LogP contribution < -0.4 is 11.2 Å². The average molecular weight is 469 g/mol. The minimum atomic E-state index is 0.358. The molecule has 0 aromatic rings. The number of nitrogens with two attached hydrogens (primary N) is 1. The minimum Gasteiger partial charge on any atom is -0.352 e. The van der Waals surface area contributed by atoms with Gasteiger partial charge in [-0.05, 0) is 87.9 Å². The van der Waals surface area contributed by atoms with Crippen LogP contribution >= 0.6 is 0 Å². The molecule has 6 saturated carbocycles. The summed E-state index contributed by atoms with van der Waals surface area (Å²) in [7, 11) is 0. The third kappa shape index (κ3) is 4.60. The number of nitrogens with zero attached hydrogens (tertiary/aromatic N) is 3. The first kappa shape index (κ1) is 23.1. The van der Waals surface area contributed by atoms with E-state index in [4.69, 9.17) is 10.8 Å². The van der Waals surface area contributed by atoms with Crippen molar-refractivity contribution in [2.75, 3.05) is 0 Å². The van der Waals surface area contributed by atoms with Crippen molar-refractivity contribution in [2.45, 2.75) is 140 Å². The Morgan fingerprint density at radius 1 is 0.706 bits per heavy atom. The van der Waals surface area contributed by atoms with Crippen molar-refractivity contribution in [3.05, 3.63) is 0 Å². The predicted molar refractivity (Wildman–Crippen MR) is 138 cm³/mol. The summed E-state index contributed by atoms with van der Waals surface area (Å²) < 4.78 is 0. The van der Waals surface area contributed by atoms with Crippen LogP contribution in [0.4, 0.5) is 0 Å². The number of fused-ring (bicyclic) bond motifs is 4. The van der Waals surface area contributed by atoms with Gasteiger partial charge in [-0.2, -0.15) is 0 Å². The molecule has 0 amide bonds. The zero-order chi connectivity index (χ0) is 23.1. The lowest BCUT2D eigenvalue weighted by Gasteiger charge is -2.45. The largest absolute Gasteiger partial charge is 0.352 e. The van der Waals surface area contributed by atoms with Crippen LogP contribution in [0.5, 0.6) is 0 Å². The maximum atomic E-state index is 9.51. The minimum absolute atomic E-state index is 0.358. The van der Waals surface area contributed by atoms with Gasteiger partial charge in [-0.3, -0.25) is 5.41 Å². The van der Waals surface area contributed by atoms with Crippen LogP contribution in [-0.2, 0) is 0 Å². The molecule has 4 bridgehead atoms. The maximum absolute atomic E-state index is 9.51. The monoisotopic (exact) mass is 468 g/mol. The fourth-order valence-electron chi connectivity index (χ4n) is 8.87. The standard InChI is InChI=1S/C28H48N6/c29-27(33(25-17-19-11-13-21(25)15-19)26-18-20-12-14-22(26)16-20)34(30)28(31-23-7-3-1-4-8-23)32-24-9-5-2-6-10-24/h19-26,29H,1-18,30H2,(H,31,32). The van der Waals surface area contributed by atoms with Gasteiger partial charge in [0.25, 0.3) is 0 Å². The molecule has 6 heteroatoms. The van der Waals surface area contributed by atoms with E-state index in [1.807, 2.05) is 0 Å². The van der Waals surface area contributed by atoms with Gasteiger partial charge in [0.15, 0.2) is 0 Å². The molecule has 6 aliphatic rings. The molecule has 6 unspecified atom stereocenters. The Balaban J connectivity index is 1.25. The molecule has 6 aliphatic carbocycles. The number of hydrogen-bond acceptors (Lipinski definition) is 3. The van der Waals surface area contributed by atoms with Crippen LogP contribution in [0.3, 0.4) is 0 Å². The summed E-state index contributed by atoms with van der Waals surface area (Å²) in [6, 6.07) is 1.85. The van der Waals surface area contributed by atoms with Gasteiger partial charge in [0, 0.05) is 18.1 Å². The van der Waals surface area contributed by atoms with Crippen molar-refractivity contribution in [1.29, 1.82) is 5.41 Å². The quantitative estimate of drug-likeness (QED) is 0.224. The molecule has 6 atom stereocenters. The molecule has 34 heavy (non-hydrogen) atoms. The van der Waals surface area contributed by atoms with E-state index in [1.54, 1.807) is 5.01 Å². The van der Waals surface area contributed by atoms with Crippen molar-refractivity contribution >= 4 is 11.9 Å². The molecule has 0 radical (unpaired) electrons. The molecule has 4 N–H and O–H groups in total. The number of nitrogens with one attached hydrogen (secondary N) is 2. The summed E-state index contributed by atoms with van der Waals surface area (Å²) in [6.07, 6.45) is 23.4. The Bertz CT molecular complexity index is 726. The van der Waals surface area contributed by atoms with Gasteiger partial charge < -0.3 is 10.2 Å². The van der Waals surface area contributed by atoms with Gasteiger partial charge in [-0.25, -0.2) is 15.8 Å². The normalized spacial score (nSPS) is 38.4. The molecule has 6 fully saturated rings. The average Bonchev–Trinajstić information content (AvgIpc) is 3.67. The van der Waals surface area contributed by atoms with Crippen molar-refractivity contribution in [3.63, 3.8) is 0 Å². The van der Waals surface area contributed by atoms with E-state index in [2.05, 4.69) is 10.2 Å². The van der Waals surface area contributed by atoms with Crippen molar-refractivity contribution in [3.8, 4) is 0 Å². The van der Waals surface area contributed by atoms with Gasteiger partial charge >= 0.3 is 0 Å².